The summed E-state index contributed by atoms with van der Waals surface area (Å²) in [6.45, 7) is 2.91. The monoisotopic (exact) mass is 408 g/mol. The van der Waals surface area contributed by atoms with Gasteiger partial charge in [-0.25, -0.2) is 4.98 Å². The molecule has 1 aliphatic rings. The number of fused-ring (bicyclic) bond motifs is 1. The predicted molar refractivity (Wildman–Crippen MR) is 116 cm³/mol. The van der Waals surface area contributed by atoms with Crippen molar-refractivity contribution in [2.45, 2.75) is 30.6 Å². The van der Waals surface area contributed by atoms with Crippen LogP contribution in [0.2, 0.25) is 0 Å². The Kier molecular flexibility index (Phi) is 6.27. The highest BCUT2D eigenvalue weighted by atomic mass is 32.2. The van der Waals surface area contributed by atoms with E-state index in [0.29, 0.717) is 16.1 Å². The lowest BCUT2D eigenvalue weighted by molar-refractivity contribution is -0.119. The van der Waals surface area contributed by atoms with E-state index in [1.165, 1.54) is 17.3 Å². The van der Waals surface area contributed by atoms with Crippen molar-refractivity contribution < 1.29 is 4.79 Å². The number of thioether (sulfide) groups is 1. The number of aromatic amines is 1. The predicted octanol–water partition coefficient (Wildman–Crippen LogP) is 2.80. The number of aromatic nitrogens is 2. The largest absolute Gasteiger partial charge is 0.353 e. The average Bonchev–Trinajstić information content (AvgIpc) is 2.74. The van der Waals surface area contributed by atoms with Crippen LogP contribution in [0.3, 0.4) is 0 Å². The van der Waals surface area contributed by atoms with E-state index in [1.54, 1.807) is 12.1 Å². The van der Waals surface area contributed by atoms with Gasteiger partial charge in [0.25, 0.3) is 5.56 Å². The molecule has 2 heterocycles. The Morgan fingerprint density at radius 2 is 1.83 bits per heavy atom. The summed E-state index contributed by atoms with van der Waals surface area (Å²) >= 11 is 1.26. The maximum Gasteiger partial charge on any atom is 0.259 e. The molecule has 0 aliphatic carbocycles. The van der Waals surface area contributed by atoms with Gasteiger partial charge in [-0.2, -0.15) is 0 Å². The molecule has 29 heavy (non-hydrogen) atoms. The number of nitrogens with zero attached hydrogens (tertiary/aromatic N) is 2. The normalized spacial score (nSPS) is 15.4. The fourth-order valence-corrected chi connectivity index (χ4v) is 4.29. The zero-order chi connectivity index (χ0) is 20.1. The van der Waals surface area contributed by atoms with Gasteiger partial charge in [0, 0.05) is 25.7 Å². The highest BCUT2D eigenvalue weighted by molar-refractivity contribution is 7.99. The van der Waals surface area contributed by atoms with E-state index in [4.69, 9.17) is 0 Å². The smallest absolute Gasteiger partial charge is 0.259 e. The van der Waals surface area contributed by atoms with E-state index in [9.17, 15) is 9.59 Å². The first-order valence-electron chi connectivity index (χ1n) is 9.85. The Labute approximate surface area is 173 Å². The molecule has 7 heteroatoms. The fraction of sp³-hybridized carbons (Fsp3) is 0.318. The molecule has 0 atom stereocenters. The summed E-state index contributed by atoms with van der Waals surface area (Å²) in [6, 6.07) is 17.9. The second kappa shape index (κ2) is 9.24. The molecule has 6 nitrogen and oxygen atoms in total. The number of hydrogen-bond acceptors (Lipinski definition) is 5. The van der Waals surface area contributed by atoms with Crippen molar-refractivity contribution in [3.63, 3.8) is 0 Å². The molecule has 150 valence electrons. The lowest BCUT2D eigenvalue weighted by Gasteiger charge is -2.32. The molecule has 1 amide bonds. The molecule has 2 N–H and O–H groups in total. The number of amides is 1. The third kappa shape index (κ3) is 5.25. The van der Waals surface area contributed by atoms with Gasteiger partial charge >= 0.3 is 0 Å². The number of rotatable bonds is 6. The van der Waals surface area contributed by atoms with Crippen molar-refractivity contribution in [3.05, 3.63) is 70.5 Å². The molecule has 0 radical (unpaired) electrons. The van der Waals surface area contributed by atoms with Gasteiger partial charge in [-0.1, -0.05) is 54.2 Å². The number of nitrogens with one attached hydrogen (secondary N) is 2. The van der Waals surface area contributed by atoms with E-state index in [0.717, 1.165) is 32.5 Å². The molecule has 4 rings (SSSR count). The molecule has 0 saturated carbocycles. The Hall–Kier alpha value is -2.64. The zero-order valence-corrected chi connectivity index (χ0v) is 17.0. The Bertz CT molecular complexity index is 1030. The summed E-state index contributed by atoms with van der Waals surface area (Å²) < 4.78 is 0. The average molecular weight is 409 g/mol. The molecule has 0 spiro atoms. The second-order valence-electron chi connectivity index (χ2n) is 7.28. The summed E-state index contributed by atoms with van der Waals surface area (Å²) in [4.78, 5) is 34.0. The highest BCUT2D eigenvalue weighted by Crippen LogP contribution is 2.16. The summed E-state index contributed by atoms with van der Waals surface area (Å²) in [5, 5.41) is 4.15. The molecule has 2 aromatic carbocycles. The third-order valence-electron chi connectivity index (χ3n) is 5.13. The summed E-state index contributed by atoms with van der Waals surface area (Å²) in [5.41, 5.74) is 1.79. The summed E-state index contributed by atoms with van der Waals surface area (Å²) in [5.74, 6) is 0.221. The summed E-state index contributed by atoms with van der Waals surface area (Å²) in [7, 11) is 0. The minimum Gasteiger partial charge on any atom is -0.353 e. The van der Waals surface area contributed by atoms with E-state index in [-0.39, 0.29) is 23.3 Å². The van der Waals surface area contributed by atoms with Crippen LogP contribution < -0.4 is 10.9 Å². The molecule has 1 aromatic heterocycles. The molecule has 3 aromatic rings. The quantitative estimate of drug-likeness (QED) is 0.484. The molecule has 1 saturated heterocycles. The number of para-hydroxylation sites is 1. The van der Waals surface area contributed by atoms with Gasteiger partial charge in [0.2, 0.25) is 5.91 Å². The number of carbonyl (C=O) groups excluding carboxylic acids is 1. The molecular weight excluding hydrogens is 384 g/mol. The van der Waals surface area contributed by atoms with Crippen LogP contribution in [0, 0.1) is 0 Å². The van der Waals surface area contributed by atoms with Crippen LogP contribution in [0.5, 0.6) is 0 Å². The van der Waals surface area contributed by atoms with Crippen LogP contribution in [0.15, 0.2) is 64.5 Å². The van der Waals surface area contributed by atoms with Crippen LogP contribution in [0.4, 0.5) is 0 Å². The Balaban J connectivity index is 1.24. The Morgan fingerprint density at radius 3 is 2.62 bits per heavy atom. The first kappa shape index (κ1) is 19.7. The first-order chi connectivity index (χ1) is 14.2. The van der Waals surface area contributed by atoms with E-state index >= 15 is 0 Å². The fourth-order valence-electron chi connectivity index (χ4n) is 3.61. The van der Waals surface area contributed by atoms with Gasteiger partial charge < -0.3 is 10.3 Å². The number of piperidine rings is 1. The number of benzene rings is 2. The number of likely N-dealkylation sites (tertiary alicyclic amines) is 1. The van der Waals surface area contributed by atoms with Crippen LogP contribution >= 0.6 is 11.8 Å². The number of H-pyrrole nitrogens is 1. The van der Waals surface area contributed by atoms with Gasteiger partial charge in [0.15, 0.2) is 5.16 Å². The third-order valence-corrected chi connectivity index (χ3v) is 6.01. The lowest BCUT2D eigenvalue weighted by Crippen LogP contribution is -2.44. The topological polar surface area (TPSA) is 78.1 Å². The zero-order valence-electron chi connectivity index (χ0n) is 16.1. The van der Waals surface area contributed by atoms with Crippen molar-refractivity contribution in [3.8, 4) is 0 Å². The van der Waals surface area contributed by atoms with Crippen LogP contribution in [0.1, 0.15) is 18.4 Å². The van der Waals surface area contributed by atoms with E-state index in [1.807, 2.05) is 18.2 Å². The maximum absolute atomic E-state index is 12.3. The molecule has 0 unspecified atom stereocenters. The standard InChI is InChI=1S/C22H24N4O2S/c27-20(15-29-22-24-19-9-5-4-8-18(19)21(28)25-22)23-17-10-12-26(13-11-17)14-16-6-2-1-3-7-16/h1-9,17H,10-15H2,(H,23,27)(H,24,25,28). The van der Waals surface area contributed by atoms with E-state index in [2.05, 4.69) is 44.5 Å². The Morgan fingerprint density at radius 1 is 1.10 bits per heavy atom. The van der Waals surface area contributed by atoms with Gasteiger partial charge in [0.1, 0.15) is 0 Å². The van der Waals surface area contributed by atoms with Crippen molar-refractivity contribution in [2.24, 2.45) is 0 Å². The number of carbonyl (C=O) groups is 1. The molecular formula is C22H24N4O2S. The van der Waals surface area contributed by atoms with Crippen LogP contribution in [0.25, 0.3) is 10.9 Å². The SMILES string of the molecule is O=C(CSc1nc2ccccc2c(=O)[nH]1)NC1CCN(Cc2ccccc2)CC1. The maximum atomic E-state index is 12.3. The summed E-state index contributed by atoms with van der Waals surface area (Å²) in [6.07, 6.45) is 1.91. The van der Waals surface area contributed by atoms with E-state index < -0.39 is 0 Å². The van der Waals surface area contributed by atoms with Gasteiger partial charge in [-0.3, -0.25) is 14.5 Å². The molecule has 1 fully saturated rings. The number of hydrogen-bond donors (Lipinski definition) is 2. The minimum atomic E-state index is -0.177. The second-order valence-corrected chi connectivity index (χ2v) is 8.24. The van der Waals surface area contributed by atoms with Crippen molar-refractivity contribution in [1.82, 2.24) is 20.2 Å². The minimum absolute atomic E-state index is 0.0210. The van der Waals surface area contributed by atoms with Gasteiger partial charge in [-0.15, -0.1) is 0 Å². The molecule has 1 aliphatic heterocycles. The highest BCUT2D eigenvalue weighted by Gasteiger charge is 2.20. The van der Waals surface area contributed by atoms with Crippen molar-refractivity contribution in [1.29, 1.82) is 0 Å². The first-order valence-corrected chi connectivity index (χ1v) is 10.8. The van der Waals surface area contributed by atoms with Crippen molar-refractivity contribution >= 4 is 28.6 Å². The van der Waals surface area contributed by atoms with Gasteiger partial charge in [-0.05, 0) is 30.5 Å². The van der Waals surface area contributed by atoms with Gasteiger partial charge in [0.05, 0.1) is 16.7 Å². The van der Waals surface area contributed by atoms with Crippen molar-refractivity contribution in [2.75, 3.05) is 18.8 Å². The lowest BCUT2D eigenvalue weighted by atomic mass is 10.0. The van der Waals surface area contributed by atoms with Crippen LogP contribution in [-0.4, -0.2) is 45.7 Å². The van der Waals surface area contributed by atoms with Crippen LogP contribution in [-0.2, 0) is 11.3 Å². The molecule has 0 bridgehead atoms.